The number of pyridine rings is 1. The smallest absolute Gasteiger partial charge is 0.237 e. The minimum absolute atomic E-state index is 0.0300. The fourth-order valence-electron chi connectivity index (χ4n) is 0.924. The summed E-state index contributed by atoms with van der Waals surface area (Å²) in [6.45, 7) is -0.288. The van der Waals surface area contributed by atoms with Crippen LogP contribution < -0.4 is 10.1 Å². The number of aliphatic hydroxyl groups is 2. The second kappa shape index (κ2) is 5.41. The highest BCUT2D eigenvalue weighted by Gasteiger charge is 2.06. The van der Waals surface area contributed by atoms with E-state index in [0.29, 0.717) is 5.88 Å². The molecule has 0 aliphatic carbocycles. The highest BCUT2D eigenvalue weighted by Crippen LogP contribution is 2.19. The number of hydrogen-bond donors (Lipinski definition) is 3. The van der Waals surface area contributed by atoms with Crippen LogP contribution in [0.1, 0.15) is 0 Å². The van der Waals surface area contributed by atoms with E-state index in [9.17, 15) is 0 Å². The third-order valence-corrected chi connectivity index (χ3v) is 1.66. The minimum atomic E-state index is -0.873. The van der Waals surface area contributed by atoms with Gasteiger partial charge < -0.3 is 20.3 Å². The van der Waals surface area contributed by atoms with Crippen molar-refractivity contribution in [3.63, 3.8) is 0 Å². The lowest BCUT2D eigenvalue weighted by Gasteiger charge is -2.11. The number of aliphatic hydroxyl groups excluding tert-OH is 2. The summed E-state index contributed by atoms with van der Waals surface area (Å²) in [5.74, 6) is 0.419. The van der Waals surface area contributed by atoms with Gasteiger partial charge in [0.25, 0.3) is 0 Å². The zero-order valence-corrected chi connectivity index (χ0v) is 7.97. The third-order valence-electron chi connectivity index (χ3n) is 1.66. The first kappa shape index (κ1) is 10.7. The van der Waals surface area contributed by atoms with Gasteiger partial charge in [-0.2, -0.15) is 0 Å². The molecule has 5 nitrogen and oxygen atoms in total. The van der Waals surface area contributed by atoms with Gasteiger partial charge >= 0.3 is 0 Å². The summed E-state index contributed by atoms with van der Waals surface area (Å²) in [6.07, 6.45) is 0.725. The number of aromatic nitrogens is 1. The van der Waals surface area contributed by atoms with E-state index in [-0.39, 0.29) is 13.2 Å². The lowest BCUT2D eigenvalue weighted by atomic mass is 10.4. The monoisotopic (exact) mass is 198 g/mol. The maximum absolute atomic E-state index is 9.06. The average Bonchev–Trinajstić information content (AvgIpc) is 2.26. The molecule has 1 atom stereocenters. The van der Waals surface area contributed by atoms with Crippen LogP contribution in [0.3, 0.4) is 0 Å². The second-order valence-corrected chi connectivity index (χ2v) is 2.75. The summed E-state index contributed by atoms with van der Waals surface area (Å²) in [4.78, 5) is 3.98. The summed E-state index contributed by atoms with van der Waals surface area (Å²) < 4.78 is 5.20. The molecule has 0 bridgehead atoms. The Morgan fingerprint density at radius 2 is 2.43 bits per heavy atom. The molecule has 0 aliphatic rings. The first-order valence-electron chi connectivity index (χ1n) is 4.32. The van der Waals surface area contributed by atoms with Crippen molar-refractivity contribution in [3.05, 3.63) is 18.3 Å². The largest absolute Gasteiger partial charge is 0.473 e. The molecular formula is C9H14N2O3. The van der Waals surface area contributed by atoms with Crippen LogP contribution in [0.5, 0.6) is 5.88 Å². The molecule has 0 aliphatic heterocycles. The molecule has 1 unspecified atom stereocenters. The van der Waals surface area contributed by atoms with E-state index in [2.05, 4.69) is 10.3 Å². The fourth-order valence-corrected chi connectivity index (χ4v) is 0.924. The summed E-state index contributed by atoms with van der Waals surface area (Å²) in [7, 11) is 1.76. The van der Waals surface area contributed by atoms with Crippen molar-refractivity contribution in [2.75, 3.05) is 25.6 Å². The molecule has 1 rings (SSSR count). The Bertz CT molecular complexity index is 281. The molecule has 1 heterocycles. The van der Waals surface area contributed by atoms with E-state index in [1.807, 2.05) is 6.07 Å². The highest BCUT2D eigenvalue weighted by molar-refractivity contribution is 5.51. The molecular weight excluding hydrogens is 184 g/mol. The lowest BCUT2D eigenvalue weighted by molar-refractivity contribution is 0.0524. The zero-order valence-electron chi connectivity index (χ0n) is 7.97. The molecule has 1 aromatic rings. The van der Waals surface area contributed by atoms with Crippen molar-refractivity contribution in [1.29, 1.82) is 0 Å². The molecule has 0 saturated carbocycles. The predicted octanol–water partition coefficient (Wildman–Crippen LogP) is -0.145. The first-order chi connectivity index (χ1) is 6.77. The van der Waals surface area contributed by atoms with Crippen molar-refractivity contribution in [3.8, 4) is 5.88 Å². The molecule has 0 amide bonds. The summed E-state index contributed by atoms with van der Waals surface area (Å²) in [5, 5.41) is 20.5. The van der Waals surface area contributed by atoms with Crippen molar-refractivity contribution >= 4 is 5.69 Å². The number of nitrogens with one attached hydrogen (secondary N) is 1. The molecule has 14 heavy (non-hydrogen) atoms. The summed E-state index contributed by atoms with van der Waals surface area (Å²) in [6, 6.07) is 3.59. The lowest BCUT2D eigenvalue weighted by Crippen LogP contribution is -2.21. The summed E-state index contributed by atoms with van der Waals surface area (Å²) >= 11 is 0. The van der Waals surface area contributed by atoms with Crippen molar-refractivity contribution < 1.29 is 14.9 Å². The van der Waals surface area contributed by atoms with E-state index < -0.39 is 6.10 Å². The fraction of sp³-hybridized carbons (Fsp3) is 0.444. The number of nitrogens with zero attached hydrogens (tertiary/aromatic N) is 1. The van der Waals surface area contributed by atoms with Gasteiger partial charge in [-0.05, 0) is 12.1 Å². The first-order valence-corrected chi connectivity index (χ1v) is 4.32. The van der Waals surface area contributed by atoms with Gasteiger partial charge in [0.15, 0.2) is 0 Å². The van der Waals surface area contributed by atoms with E-state index >= 15 is 0 Å². The maximum Gasteiger partial charge on any atom is 0.237 e. The van der Waals surface area contributed by atoms with Crippen LogP contribution in [0.2, 0.25) is 0 Å². The second-order valence-electron chi connectivity index (χ2n) is 2.75. The Kier molecular flexibility index (Phi) is 4.15. The molecule has 78 valence electrons. The van der Waals surface area contributed by atoms with Gasteiger partial charge in [0.1, 0.15) is 12.7 Å². The summed E-state index contributed by atoms with van der Waals surface area (Å²) in [5.41, 5.74) is 0.748. The number of anilines is 1. The van der Waals surface area contributed by atoms with E-state index in [0.717, 1.165) is 5.69 Å². The Hall–Kier alpha value is -1.33. The average molecular weight is 198 g/mol. The molecule has 5 heteroatoms. The van der Waals surface area contributed by atoms with Crippen LogP contribution in [-0.4, -0.2) is 41.6 Å². The number of ether oxygens (including phenoxy) is 1. The van der Waals surface area contributed by atoms with E-state index in [1.165, 1.54) is 0 Å². The van der Waals surface area contributed by atoms with Crippen LogP contribution >= 0.6 is 0 Å². The van der Waals surface area contributed by atoms with Crippen LogP contribution in [0.4, 0.5) is 5.69 Å². The SMILES string of the molecule is CNc1cccnc1OCC(O)CO. The molecule has 0 saturated heterocycles. The van der Waals surface area contributed by atoms with Crippen molar-refractivity contribution in [2.45, 2.75) is 6.10 Å². The maximum atomic E-state index is 9.06. The normalized spacial score (nSPS) is 12.2. The molecule has 1 aromatic heterocycles. The van der Waals surface area contributed by atoms with Crippen LogP contribution in [0, 0.1) is 0 Å². The van der Waals surface area contributed by atoms with Crippen molar-refractivity contribution in [1.82, 2.24) is 4.98 Å². The standard InChI is InChI=1S/C9H14N2O3/c1-10-8-3-2-4-11-9(8)14-6-7(13)5-12/h2-4,7,10,12-13H,5-6H2,1H3. The van der Waals surface area contributed by atoms with Gasteiger partial charge in [0, 0.05) is 13.2 Å². The Morgan fingerprint density at radius 3 is 3.07 bits per heavy atom. The third kappa shape index (κ3) is 2.86. The van der Waals surface area contributed by atoms with Crippen molar-refractivity contribution in [2.24, 2.45) is 0 Å². The zero-order chi connectivity index (χ0) is 10.4. The van der Waals surface area contributed by atoms with Crippen LogP contribution in [-0.2, 0) is 0 Å². The quantitative estimate of drug-likeness (QED) is 0.613. The predicted molar refractivity (Wildman–Crippen MR) is 52.4 cm³/mol. The molecule has 0 fully saturated rings. The van der Waals surface area contributed by atoms with Gasteiger partial charge in [0.2, 0.25) is 5.88 Å². The van der Waals surface area contributed by atoms with Gasteiger partial charge in [-0.25, -0.2) is 4.98 Å². The van der Waals surface area contributed by atoms with Crippen LogP contribution in [0.15, 0.2) is 18.3 Å². The van der Waals surface area contributed by atoms with Gasteiger partial charge in [-0.1, -0.05) is 0 Å². The molecule has 0 aromatic carbocycles. The number of rotatable bonds is 5. The highest BCUT2D eigenvalue weighted by atomic mass is 16.5. The van der Waals surface area contributed by atoms with E-state index in [1.54, 1.807) is 19.3 Å². The molecule has 3 N–H and O–H groups in total. The van der Waals surface area contributed by atoms with Crippen LogP contribution in [0.25, 0.3) is 0 Å². The van der Waals surface area contributed by atoms with E-state index in [4.69, 9.17) is 14.9 Å². The Balaban J connectivity index is 2.57. The Morgan fingerprint density at radius 1 is 1.64 bits per heavy atom. The Labute approximate surface area is 82.4 Å². The number of hydrogen-bond acceptors (Lipinski definition) is 5. The van der Waals surface area contributed by atoms with Gasteiger partial charge in [-0.3, -0.25) is 0 Å². The molecule has 0 radical (unpaired) electrons. The van der Waals surface area contributed by atoms with Gasteiger partial charge in [-0.15, -0.1) is 0 Å². The topological polar surface area (TPSA) is 74.6 Å². The molecule has 0 spiro atoms. The minimum Gasteiger partial charge on any atom is -0.473 e. The van der Waals surface area contributed by atoms with Gasteiger partial charge in [0.05, 0.1) is 12.3 Å².